The molecule has 0 saturated heterocycles. The Morgan fingerprint density at radius 1 is 0.591 bits per heavy atom. The molecule has 2 aliphatic rings. The lowest BCUT2D eigenvalue weighted by molar-refractivity contribution is 0.443. The van der Waals surface area contributed by atoms with Crippen molar-refractivity contribution in [1.29, 1.82) is 0 Å². The molecule has 0 unspecified atom stereocenters. The molecule has 0 aromatic heterocycles. The Bertz CT molecular complexity index is 1690. The van der Waals surface area contributed by atoms with E-state index in [0.29, 0.717) is 5.92 Å². The first-order valence-electron chi connectivity index (χ1n) is 16.4. The third kappa shape index (κ3) is 6.26. The van der Waals surface area contributed by atoms with E-state index in [0.717, 1.165) is 28.4 Å². The predicted octanol–water partition coefficient (Wildman–Crippen LogP) is 12.3. The van der Waals surface area contributed by atoms with Crippen LogP contribution in [0.5, 0.6) is 0 Å². The van der Waals surface area contributed by atoms with Crippen LogP contribution >= 0.6 is 11.6 Å². The van der Waals surface area contributed by atoms with Gasteiger partial charge in [0.1, 0.15) is 0 Å². The molecule has 5 aromatic rings. The summed E-state index contributed by atoms with van der Waals surface area (Å²) < 4.78 is 0. The van der Waals surface area contributed by atoms with Gasteiger partial charge in [-0.2, -0.15) is 0 Å². The van der Waals surface area contributed by atoms with E-state index < -0.39 is 0 Å². The maximum absolute atomic E-state index is 7.22. The summed E-state index contributed by atoms with van der Waals surface area (Å²) in [4.78, 5) is 2.35. The molecule has 2 heteroatoms. The molecule has 0 atom stereocenters. The Hall–Kier alpha value is -4.07. The van der Waals surface area contributed by atoms with Crippen LogP contribution in [0.4, 0.5) is 17.1 Å². The van der Waals surface area contributed by atoms with Crippen LogP contribution < -0.4 is 4.90 Å². The van der Waals surface area contributed by atoms with Crippen molar-refractivity contribution >= 4 is 40.3 Å². The van der Waals surface area contributed by atoms with Crippen LogP contribution in [-0.2, 0) is 12.8 Å². The number of halogens is 1. The van der Waals surface area contributed by atoms with Crippen molar-refractivity contribution in [2.75, 3.05) is 4.90 Å². The first-order valence-corrected chi connectivity index (χ1v) is 16.7. The van der Waals surface area contributed by atoms with E-state index in [-0.39, 0.29) is 0 Å². The van der Waals surface area contributed by atoms with Crippen molar-refractivity contribution in [3.05, 3.63) is 160 Å². The fourth-order valence-corrected chi connectivity index (χ4v) is 7.42. The second-order valence-corrected chi connectivity index (χ2v) is 12.8. The number of rotatable bonds is 7. The Labute approximate surface area is 267 Å². The Morgan fingerprint density at radius 2 is 1.23 bits per heavy atom. The smallest absolute Gasteiger partial charge is 0.0652 e. The van der Waals surface area contributed by atoms with Gasteiger partial charge in [0, 0.05) is 11.4 Å². The predicted molar refractivity (Wildman–Crippen MR) is 188 cm³/mol. The topological polar surface area (TPSA) is 3.24 Å². The van der Waals surface area contributed by atoms with E-state index in [9.17, 15) is 0 Å². The standard InChI is InChI=1S/C42H40ClN/c43-41-29-31(28-40(35-15-6-2-7-16-35)36-17-8-3-9-18-36)20-27-42(41)44(39-26-23-33-14-10-11-19-37(33)30-39)38-24-21-34(22-25-38)32-12-4-1-5-13-32/h2-3,6-9,15-18,20-30,32H,1,4-5,10-14,19H2. The highest BCUT2D eigenvalue weighted by Crippen LogP contribution is 2.42. The van der Waals surface area contributed by atoms with Gasteiger partial charge in [0.2, 0.25) is 0 Å². The molecule has 1 fully saturated rings. The highest BCUT2D eigenvalue weighted by Gasteiger charge is 2.20. The molecule has 0 N–H and O–H groups in total. The number of nitrogens with zero attached hydrogens (tertiary/aromatic N) is 1. The van der Waals surface area contributed by atoms with E-state index in [1.165, 1.54) is 90.4 Å². The Kier molecular flexibility index (Phi) is 8.66. The van der Waals surface area contributed by atoms with Crippen LogP contribution in [0.1, 0.15) is 84.2 Å². The minimum atomic E-state index is 0.688. The summed E-state index contributed by atoms with van der Waals surface area (Å²) >= 11 is 7.22. The number of hydrogen-bond donors (Lipinski definition) is 0. The van der Waals surface area contributed by atoms with Gasteiger partial charge in [-0.05, 0) is 126 Å². The zero-order chi connectivity index (χ0) is 29.7. The van der Waals surface area contributed by atoms with E-state index in [4.69, 9.17) is 11.6 Å². The summed E-state index contributed by atoms with van der Waals surface area (Å²) in [5.74, 6) is 0.688. The molecule has 44 heavy (non-hydrogen) atoms. The molecule has 0 radical (unpaired) electrons. The number of anilines is 3. The van der Waals surface area contributed by atoms with Crippen molar-refractivity contribution < 1.29 is 0 Å². The SMILES string of the molecule is Clc1cc(C=C(c2ccccc2)c2ccccc2)ccc1N(c1ccc(C2CCCCC2)cc1)c1ccc2c(c1)CCCC2. The molecule has 2 aliphatic carbocycles. The molecule has 0 bridgehead atoms. The monoisotopic (exact) mass is 593 g/mol. The fourth-order valence-electron chi connectivity index (χ4n) is 7.15. The lowest BCUT2D eigenvalue weighted by atomic mass is 9.84. The highest BCUT2D eigenvalue weighted by molar-refractivity contribution is 6.33. The average Bonchev–Trinajstić information content (AvgIpc) is 3.09. The molecule has 0 aliphatic heterocycles. The van der Waals surface area contributed by atoms with Gasteiger partial charge < -0.3 is 4.90 Å². The van der Waals surface area contributed by atoms with E-state index in [1.54, 1.807) is 0 Å². The van der Waals surface area contributed by atoms with Gasteiger partial charge in [0.15, 0.2) is 0 Å². The number of aryl methyl sites for hydroxylation is 2. The number of benzene rings is 5. The molecular weight excluding hydrogens is 554 g/mol. The van der Waals surface area contributed by atoms with Crippen LogP contribution in [0.2, 0.25) is 5.02 Å². The first-order chi connectivity index (χ1) is 21.7. The zero-order valence-electron chi connectivity index (χ0n) is 25.4. The Balaban J connectivity index is 1.29. The molecular formula is C42H40ClN. The van der Waals surface area contributed by atoms with Crippen molar-refractivity contribution in [3.63, 3.8) is 0 Å². The first kappa shape index (κ1) is 28.7. The number of fused-ring (bicyclic) bond motifs is 1. The maximum atomic E-state index is 7.22. The zero-order valence-corrected chi connectivity index (χ0v) is 26.1. The van der Waals surface area contributed by atoms with E-state index in [1.807, 2.05) is 0 Å². The fraction of sp³-hybridized carbons (Fsp3) is 0.238. The summed E-state index contributed by atoms with van der Waals surface area (Å²) in [6, 6.07) is 44.0. The maximum Gasteiger partial charge on any atom is 0.0652 e. The molecule has 1 nitrogen and oxygen atoms in total. The second kappa shape index (κ2) is 13.3. The summed E-state index contributed by atoms with van der Waals surface area (Å²) in [5, 5.41) is 0.744. The molecule has 0 amide bonds. The quantitative estimate of drug-likeness (QED) is 0.170. The highest BCUT2D eigenvalue weighted by atomic mass is 35.5. The molecule has 0 spiro atoms. The molecule has 220 valence electrons. The van der Waals surface area contributed by atoms with Crippen LogP contribution in [0.25, 0.3) is 11.6 Å². The summed E-state index contributed by atoms with van der Waals surface area (Å²) in [6.07, 6.45) is 13.8. The van der Waals surface area contributed by atoms with E-state index >= 15 is 0 Å². The normalized spacial score (nSPS) is 14.9. The van der Waals surface area contributed by atoms with Gasteiger partial charge in [-0.25, -0.2) is 0 Å². The van der Waals surface area contributed by atoms with Gasteiger partial charge in [0.05, 0.1) is 10.7 Å². The lowest BCUT2D eigenvalue weighted by Gasteiger charge is -2.29. The molecule has 7 rings (SSSR count). The third-order valence-corrected chi connectivity index (χ3v) is 9.81. The van der Waals surface area contributed by atoms with Crippen LogP contribution in [0.15, 0.2) is 121 Å². The average molecular weight is 594 g/mol. The van der Waals surface area contributed by atoms with Crippen LogP contribution in [-0.4, -0.2) is 0 Å². The van der Waals surface area contributed by atoms with Gasteiger partial charge in [0.25, 0.3) is 0 Å². The third-order valence-electron chi connectivity index (χ3n) is 9.51. The van der Waals surface area contributed by atoms with Gasteiger partial charge >= 0.3 is 0 Å². The van der Waals surface area contributed by atoms with Crippen molar-refractivity contribution in [3.8, 4) is 0 Å². The van der Waals surface area contributed by atoms with Gasteiger partial charge in [-0.1, -0.05) is 116 Å². The van der Waals surface area contributed by atoms with Crippen molar-refractivity contribution in [2.24, 2.45) is 0 Å². The van der Waals surface area contributed by atoms with Gasteiger partial charge in [-0.15, -0.1) is 0 Å². The number of hydrogen-bond acceptors (Lipinski definition) is 1. The van der Waals surface area contributed by atoms with Crippen molar-refractivity contribution in [2.45, 2.75) is 63.7 Å². The Morgan fingerprint density at radius 3 is 1.89 bits per heavy atom. The van der Waals surface area contributed by atoms with Crippen molar-refractivity contribution in [1.82, 2.24) is 0 Å². The van der Waals surface area contributed by atoms with Crippen LogP contribution in [0.3, 0.4) is 0 Å². The van der Waals surface area contributed by atoms with E-state index in [2.05, 4.69) is 132 Å². The van der Waals surface area contributed by atoms with Gasteiger partial charge in [-0.3, -0.25) is 0 Å². The molecule has 1 saturated carbocycles. The van der Waals surface area contributed by atoms with Crippen LogP contribution in [0, 0.1) is 0 Å². The minimum absolute atomic E-state index is 0.688. The summed E-state index contributed by atoms with van der Waals surface area (Å²) in [6.45, 7) is 0. The second-order valence-electron chi connectivity index (χ2n) is 12.4. The summed E-state index contributed by atoms with van der Waals surface area (Å²) in [7, 11) is 0. The molecule has 0 heterocycles. The largest absolute Gasteiger partial charge is 0.309 e. The minimum Gasteiger partial charge on any atom is -0.309 e. The summed E-state index contributed by atoms with van der Waals surface area (Å²) in [5.41, 5.74) is 12.4. The lowest BCUT2D eigenvalue weighted by Crippen LogP contribution is -2.13. The molecule has 5 aromatic carbocycles.